The van der Waals surface area contributed by atoms with E-state index in [0.717, 1.165) is 31.5 Å². The summed E-state index contributed by atoms with van der Waals surface area (Å²) in [6.45, 7) is 7.02. The lowest BCUT2D eigenvalue weighted by molar-refractivity contribution is -0.109. The molecule has 0 radical (unpaired) electrons. The normalized spacial score (nSPS) is 13.0. The lowest BCUT2D eigenvalue weighted by Crippen LogP contribution is -2.36. The van der Waals surface area contributed by atoms with Crippen molar-refractivity contribution < 1.29 is 4.79 Å². The van der Waals surface area contributed by atoms with Crippen LogP contribution in [0.5, 0.6) is 0 Å². The highest BCUT2D eigenvalue weighted by Crippen LogP contribution is 2.02. The Kier molecular flexibility index (Phi) is 5.19. The topological polar surface area (TPSA) is 46.9 Å². The highest BCUT2D eigenvalue weighted by Gasteiger charge is 2.08. The summed E-state index contributed by atoms with van der Waals surface area (Å²) >= 11 is 0. The van der Waals surface area contributed by atoms with Gasteiger partial charge < -0.3 is 14.7 Å². The molecule has 0 aliphatic heterocycles. The molecule has 90 valence electrons. The second kappa shape index (κ2) is 6.43. The van der Waals surface area contributed by atoms with E-state index >= 15 is 0 Å². The predicted octanol–water partition coefficient (Wildman–Crippen LogP) is 1.54. The smallest absolute Gasteiger partial charge is 0.136 e. The fourth-order valence-electron chi connectivity index (χ4n) is 1.74. The zero-order valence-corrected chi connectivity index (χ0v) is 10.3. The van der Waals surface area contributed by atoms with Crippen molar-refractivity contribution in [2.24, 2.45) is 0 Å². The summed E-state index contributed by atoms with van der Waals surface area (Å²) in [5.74, 6) is 1.03. The number of rotatable bonds is 7. The average molecular weight is 223 g/mol. The molecule has 4 nitrogen and oxygen atoms in total. The molecule has 1 aromatic heterocycles. The Morgan fingerprint density at radius 1 is 1.56 bits per heavy atom. The summed E-state index contributed by atoms with van der Waals surface area (Å²) in [5.41, 5.74) is 0. The van der Waals surface area contributed by atoms with Gasteiger partial charge in [0.2, 0.25) is 0 Å². The van der Waals surface area contributed by atoms with Crippen LogP contribution in [-0.2, 0) is 11.3 Å². The SMILES string of the molecule is Cc1nccn1CCCC(C=O)NC(C)C. The molecule has 1 unspecified atom stereocenters. The van der Waals surface area contributed by atoms with Crippen molar-refractivity contribution in [3.05, 3.63) is 18.2 Å². The standard InChI is InChI=1S/C12H21N3O/c1-10(2)14-12(9-16)5-4-7-15-8-6-13-11(15)3/h6,8-10,12,14H,4-5,7H2,1-3H3. The Balaban J connectivity index is 2.28. The van der Waals surface area contributed by atoms with Gasteiger partial charge in [0.05, 0.1) is 6.04 Å². The maximum atomic E-state index is 10.8. The van der Waals surface area contributed by atoms with Crippen molar-refractivity contribution in [1.29, 1.82) is 0 Å². The number of nitrogens with one attached hydrogen (secondary N) is 1. The van der Waals surface area contributed by atoms with Gasteiger partial charge in [0.25, 0.3) is 0 Å². The van der Waals surface area contributed by atoms with Crippen molar-refractivity contribution in [1.82, 2.24) is 14.9 Å². The van der Waals surface area contributed by atoms with Gasteiger partial charge in [0.15, 0.2) is 0 Å². The van der Waals surface area contributed by atoms with Crippen LogP contribution >= 0.6 is 0 Å². The van der Waals surface area contributed by atoms with Gasteiger partial charge in [-0.15, -0.1) is 0 Å². The molecule has 1 rings (SSSR count). The molecular formula is C12H21N3O. The van der Waals surface area contributed by atoms with Gasteiger partial charge in [-0.05, 0) is 19.8 Å². The Labute approximate surface area is 97.1 Å². The first-order valence-corrected chi connectivity index (χ1v) is 5.82. The van der Waals surface area contributed by atoms with E-state index in [1.165, 1.54) is 0 Å². The lowest BCUT2D eigenvalue weighted by Gasteiger charge is -2.15. The molecule has 0 amide bonds. The van der Waals surface area contributed by atoms with E-state index in [9.17, 15) is 4.79 Å². The number of hydrogen-bond acceptors (Lipinski definition) is 3. The first-order chi connectivity index (χ1) is 7.63. The minimum absolute atomic E-state index is 0.0242. The van der Waals surface area contributed by atoms with E-state index in [1.54, 1.807) is 6.20 Å². The summed E-state index contributed by atoms with van der Waals surface area (Å²) in [6, 6.07) is 0.328. The van der Waals surface area contributed by atoms with Gasteiger partial charge in [0.1, 0.15) is 12.1 Å². The van der Waals surface area contributed by atoms with Crippen LogP contribution in [0.1, 0.15) is 32.5 Å². The Hall–Kier alpha value is -1.16. The molecule has 0 aliphatic rings. The summed E-state index contributed by atoms with van der Waals surface area (Å²) in [5, 5.41) is 3.23. The largest absolute Gasteiger partial charge is 0.335 e. The molecule has 0 saturated carbocycles. The van der Waals surface area contributed by atoms with E-state index in [-0.39, 0.29) is 6.04 Å². The molecule has 0 saturated heterocycles. The summed E-state index contributed by atoms with van der Waals surface area (Å²) in [4.78, 5) is 15.0. The van der Waals surface area contributed by atoms with Crippen molar-refractivity contribution in [3.8, 4) is 0 Å². The number of imidazole rings is 1. The quantitative estimate of drug-likeness (QED) is 0.713. The third-order valence-electron chi connectivity index (χ3n) is 2.55. The van der Waals surface area contributed by atoms with Gasteiger partial charge >= 0.3 is 0 Å². The van der Waals surface area contributed by atoms with Crippen molar-refractivity contribution in [2.75, 3.05) is 0 Å². The van der Waals surface area contributed by atoms with Crippen LogP contribution in [0, 0.1) is 6.92 Å². The molecule has 0 spiro atoms. The Bertz CT molecular complexity index is 320. The third kappa shape index (κ3) is 4.14. The molecule has 0 aromatic carbocycles. The number of aryl methyl sites for hydroxylation is 2. The van der Waals surface area contributed by atoms with E-state index in [4.69, 9.17) is 0 Å². The maximum absolute atomic E-state index is 10.8. The zero-order chi connectivity index (χ0) is 12.0. The number of aldehydes is 1. The molecule has 0 aliphatic carbocycles. The Morgan fingerprint density at radius 3 is 2.81 bits per heavy atom. The number of nitrogens with zero attached hydrogens (tertiary/aromatic N) is 2. The number of carbonyl (C=O) groups is 1. The zero-order valence-electron chi connectivity index (χ0n) is 10.3. The molecule has 1 N–H and O–H groups in total. The molecule has 16 heavy (non-hydrogen) atoms. The molecule has 1 atom stereocenters. The van der Waals surface area contributed by atoms with E-state index < -0.39 is 0 Å². The van der Waals surface area contributed by atoms with Crippen LogP contribution in [0.4, 0.5) is 0 Å². The summed E-state index contributed by atoms with van der Waals surface area (Å²) < 4.78 is 2.11. The van der Waals surface area contributed by atoms with Crippen LogP contribution in [0.15, 0.2) is 12.4 Å². The minimum atomic E-state index is -0.0242. The van der Waals surface area contributed by atoms with Crippen molar-refractivity contribution >= 4 is 6.29 Å². The van der Waals surface area contributed by atoms with E-state index in [1.807, 2.05) is 13.1 Å². The van der Waals surface area contributed by atoms with Gasteiger partial charge in [-0.25, -0.2) is 4.98 Å². The molecule has 0 fully saturated rings. The van der Waals surface area contributed by atoms with Gasteiger partial charge in [0, 0.05) is 25.0 Å². The summed E-state index contributed by atoms with van der Waals surface area (Å²) in [6.07, 6.45) is 6.64. The van der Waals surface area contributed by atoms with Gasteiger partial charge in [-0.2, -0.15) is 0 Å². The predicted molar refractivity (Wildman–Crippen MR) is 64.3 cm³/mol. The van der Waals surface area contributed by atoms with Gasteiger partial charge in [-0.3, -0.25) is 0 Å². The van der Waals surface area contributed by atoms with Gasteiger partial charge in [-0.1, -0.05) is 13.8 Å². The summed E-state index contributed by atoms with van der Waals surface area (Å²) in [7, 11) is 0. The first kappa shape index (κ1) is 12.9. The number of aromatic nitrogens is 2. The van der Waals surface area contributed by atoms with Crippen LogP contribution in [-0.4, -0.2) is 27.9 Å². The number of carbonyl (C=O) groups excluding carboxylic acids is 1. The van der Waals surface area contributed by atoms with E-state index in [0.29, 0.717) is 6.04 Å². The molecule has 0 bridgehead atoms. The van der Waals surface area contributed by atoms with Crippen LogP contribution < -0.4 is 5.32 Å². The molecular weight excluding hydrogens is 202 g/mol. The molecule has 4 heteroatoms. The fraction of sp³-hybridized carbons (Fsp3) is 0.667. The van der Waals surface area contributed by atoms with Crippen LogP contribution in [0.2, 0.25) is 0 Å². The molecule has 1 aromatic rings. The molecule has 1 heterocycles. The monoisotopic (exact) mass is 223 g/mol. The highest BCUT2D eigenvalue weighted by molar-refractivity contribution is 5.57. The second-order valence-corrected chi connectivity index (χ2v) is 4.37. The minimum Gasteiger partial charge on any atom is -0.335 e. The third-order valence-corrected chi connectivity index (χ3v) is 2.55. The lowest BCUT2D eigenvalue weighted by atomic mass is 10.1. The van der Waals surface area contributed by atoms with Crippen LogP contribution in [0.3, 0.4) is 0 Å². The van der Waals surface area contributed by atoms with Crippen LogP contribution in [0.25, 0.3) is 0 Å². The second-order valence-electron chi connectivity index (χ2n) is 4.37. The van der Waals surface area contributed by atoms with Crippen molar-refractivity contribution in [3.63, 3.8) is 0 Å². The van der Waals surface area contributed by atoms with Crippen molar-refractivity contribution in [2.45, 2.75) is 52.2 Å². The maximum Gasteiger partial charge on any atom is 0.136 e. The Morgan fingerprint density at radius 2 is 2.31 bits per heavy atom. The first-order valence-electron chi connectivity index (χ1n) is 5.82. The van der Waals surface area contributed by atoms with E-state index in [2.05, 4.69) is 28.7 Å². The fourth-order valence-corrected chi connectivity index (χ4v) is 1.74. The highest BCUT2D eigenvalue weighted by atomic mass is 16.1. The number of hydrogen-bond donors (Lipinski definition) is 1. The average Bonchev–Trinajstić information content (AvgIpc) is 2.62.